The standard InChI is InChI=1S/2C8H11BrN2O/c2*1-12-5-4-10-8-3-2-7(9)6-11-8/h2*2-3,6H,4-5H2,1H3,(H,10,11). The average molecular weight is 462 g/mol. The molecule has 0 aromatic carbocycles. The molecular formula is C16H22Br2N4O2. The van der Waals surface area contributed by atoms with E-state index in [1.54, 1.807) is 26.6 Å². The molecule has 0 saturated heterocycles. The van der Waals surface area contributed by atoms with Gasteiger partial charge in [-0.05, 0) is 56.1 Å². The molecule has 0 aliphatic heterocycles. The Kier molecular flexibility index (Phi) is 11.4. The molecule has 2 rings (SSSR count). The molecule has 0 amide bonds. The van der Waals surface area contributed by atoms with Crippen molar-refractivity contribution in [3.05, 3.63) is 45.6 Å². The third-order valence-corrected chi connectivity index (χ3v) is 3.62. The summed E-state index contributed by atoms with van der Waals surface area (Å²) >= 11 is 6.62. The van der Waals surface area contributed by atoms with Gasteiger partial charge in [-0.2, -0.15) is 0 Å². The minimum atomic E-state index is 0.692. The summed E-state index contributed by atoms with van der Waals surface area (Å²) < 4.78 is 11.7. The topological polar surface area (TPSA) is 68.3 Å². The second-order valence-corrected chi connectivity index (χ2v) is 6.39. The number of methoxy groups -OCH3 is 2. The van der Waals surface area contributed by atoms with Crippen LogP contribution in [0.25, 0.3) is 0 Å². The minimum absolute atomic E-state index is 0.692. The number of hydrogen-bond donors (Lipinski definition) is 2. The summed E-state index contributed by atoms with van der Waals surface area (Å²) in [4.78, 5) is 8.27. The lowest BCUT2D eigenvalue weighted by molar-refractivity contribution is 0.210. The number of hydrogen-bond acceptors (Lipinski definition) is 6. The van der Waals surface area contributed by atoms with Crippen molar-refractivity contribution < 1.29 is 9.47 Å². The van der Waals surface area contributed by atoms with Gasteiger partial charge in [0.25, 0.3) is 0 Å². The van der Waals surface area contributed by atoms with Gasteiger partial charge in [-0.1, -0.05) is 0 Å². The number of pyridine rings is 2. The fourth-order valence-corrected chi connectivity index (χ4v) is 1.99. The molecular weight excluding hydrogens is 440 g/mol. The van der Waals surface area contributed by atoms with E-state index in [2.05, 4.69) is 52.5 Å². The molecule has 8 heteroatoms. The van der Waals surface area contributed by atoms with Crippen LogP contribution in [0.2, 0.25) is 0 Å². The van der Waals surface area contributed by atoms with Crippen LogP contribution in [0, 0.1) is 0 Å². The van der Waals surface area contributed by atoms with E-state index in [1.807, 2.05) is 24.3 Å². The average Bonchev–Trinajstić information content (AvgIpc) is 2.59. The molecule has 0 bridgehead atoms. The fourth-order valence-electron chi connectivity index (χ4n) is 1.52. The number of aromatic nitrogens is 2. The van der Waals surface area contributed by atoms with Crippen molar-refractivity contribution in [2.75, 3.05) is 51.2 Å². The van der Waals surface area contributed by atoms with Crippen LogP contribution >= 0.6 is 31.9 Å². The maximum atomic E-state index is 4.89. The van der Waals surface area contributed by atoms with Crippen molar-refractivity contribution in [2.24, 2.45) is 0 Å². The molecule has 2 aromatic rings. The Morgan fingerprint density at radius 1 is 0.792 bits per heavy atom. The SMILES string of the molecule is COCCNc1ccc(Br)cn1.COCCNc1ccc(Br)cn1. The first-order chi connectivity index (χ1) is 11.7. The first-order valence-electron chi connectivity index (χ1n) is 7.34. The van der Waals surface area contributed by atoms with E-state index < -0.39 is 0 Å². The molecule has 2 aromatic heterocycles. The Bertz CT molecular complexity index is 502. The van der Waals surface area contributed by atoms with Gasteiger partial charge in [0.05, 0.1) is 13.2 Å². The van der Waals surface area contributed by atoms with Gasteiger partial charge in [-0.15, -0.1) is 0 Å². The van der Waals surface area contributed by atoms with Crippen LogP contribution in [0.15, 0.2) is 45.6 Å². The van der Waals surface area contributed by atoms with Gasteiger partial charge < -0.3 is 20.1 Å². The van der Waals surface area contributed by atoms with E-state index in [0.717, 1.165) is 33.7 Å². The van der Waals surface area contributed by atoms with Gasteiger partial charge in [-0.3, -0.25) is 0 Å². The van der Waals surface area contributed by atoms with Crippen LogP contribution < -0.4 is 10.6 Å². The summed E-state index contributed by atoms with van der Waals surface area (Å²) in [5.41, 5.74) is 0. The van der Waals surface area contributed by atoms with Gasteiger partial charge in [-0.25, -0.2) is 9.97 Å². The molecule has 0 aliphatic rings. The highest BCUT2D eigenvalue weighted by Crippen LogP contribution is 2.10. The van der Waals surface area contributed by atoms with Crippen molar-refractivity contribution in [3.8, 4) is 0 Å². The first-order valence-corrected chi connectivity index (χ1v) is 8.93. The molecule has 0 aliphatic carbocycles. The summed E-state index contributed by atoms with van der Waals surface area (Å²) in [6, 6.07) is 7.73. The molecule has 0 atom stereocenters. The lowest BCUT2D eigenvalue weighted by atomic mass is 10.4. The van der Waals surface area contributed by atoms with Crippen LogP contribution in [0.3, 0.4) is 0 Å². The second-order valence-electron chi connectivity index (χ2n) is 4.56. The normalized spacial score (nSPS) is 9.83. The van der Waals surface area contributed by atoms with Crippen molar-refractivity contribution >= 4 is 43.5 Å². The molecule has 24 heavy (non-hydrogen) atoms. The smallest absolute Gasteiger partial charge is 0.126 e. The molecule has 2 heterocycles. The Morgan fingerprint density at radius 2 is 1.21 bits per heavy atom. The molecule has 0 saturated carbocycles. The third-order valence-electron chi connectivity index (χ3n) is 2.68. The van der Waals surface area contributed by atoms with E-state index >= 15 is 0 Å². The van der Waals surface area contributed by atoms with Gasteiger partial charge in [0.2, 0.25) is 0 Å². The number of ether oxygens (including phenoxy) is 2. The summed E-state index contributed by atoms with van der Waals surface area (Å²) in [6.45, 7) is 2.95. The van der Waals surface area contributed by atoms with Crippen LogP contribution in [-0.4, -0.2) is 50.5 Å². The maximum absolute atomic E-state index is 4.89. The van der Waals surface area contributed by atoms with Crippen molar-refractivity contribution in [1.82, 2.24) is 9.97 Å². The number of nitrogens with one attached hydrogen (secondary N) is 2. The molecule has 132 valence electrons. The van der Waals surface area contributed by atoms with E-state index in [9.17, 15) is 0 Å². The molecule has 2 N–H and O–H groups in total. The molecule has 0 unspecified atom stereocenters. The van der Waals surface area contributed by atoms with Gasteiger partial charge >= 0.3 is 0 Å². The Hall–Kier alpha value is -1.22. The Balaban J connectivity index is 0.000000240. The van der Waals surface area contributed by atoms with Crippen molar-refractivity contribution in [1.29, 1.82) is 0 Å². The number of nitrogens with zero attached hydrogens (tertiary/aromatic N) is 2. The summed E-state index contributed by atoms with van der Waals surface area (Å²) in [5.74, 6) is 1.74. The van der Waals surface area contributed by atoms with Gasteiger partial charge in [0.15, 0.2) is 0 Å². The third kappa shape index (κ3) is 9.82. The highest BCUT2D eigenvalue weighted by atomic mass is 79.9. The molecule has 6 nitrogen and oxygen atoms in total. The fraction of sp³-hybridized carbons (Fsp3) is 0.375. The lowest BCUT2D eigenvalue weighted by Crippen LogP contribution is -2.08. The van der Waals surface area contributed by atoms with Crippen LogP contribution in [0.5, 0.6) is 0 Å². The van der Waals surface area contributed by atoms with E-state index in [0.29, 0.717) is 13.2 Å². The van der Waals surface area contributed by atoms with Crippen LogP contribution in [0.1, 0.15) is 0 Å². The van der Waals surface area contributed by atoms with Crippen LogP contribution in [-0.2, 0) is 9.47 Å². The first kappa shape index (κ1) is 20.8. The van der Waals surface area contributed by atoms with E-state index in [-0.39, 0.29) is 0 Å². The zero-order valence-electron chi connectivity index (χ0n) is 13.8. The largest absolute Gasteiger partial charge is 0.383 e. The Morgan fingerprint density at radius 3 is 1.50 bits per heavy atom. The van der Waals surface area contributed by atoms with E-state index in [1.165, 1.54) is 0 Å². The summed E-state index contributed by atoms with van der Waals surface area (Å²) in [7, 11) is 3.35. The number of anilines is 2. The summed E-state index contributed by atoms with van der Waals surface area (Å²) in [5, 5.41) is 6.23. The Labute approximate surface area is 159 Å². The highest BCUT2D eigenvalue weighted by Gasteiger charge is 1.92. The van der Waals surface area contributed by atoms with Crippen LogP contribution in [0.4, 0.5) is 11.6 Å². The number of rotatable bonds is 8. The number of halogens is 2. The molecule has 0 spiro atoms. The molecule has 0 fully saturated rings. The molecule has 0 radical (unpaired) electrons. The van der Waals surface area contributed by atoms with E-state index in [4.69, 9.17) is 9.47 Å². The highest BCUT2D eigenvalue weighted by molar-refractivity contribution is 9.10. The zero-order valence-corrected chi connectivity index (χ0v) is 16.9. The lowest BCUT2D eigenvalue weighted by Gasteiger charge is -2.03. The quantitative estimate of drug-likeness (QED) is 0.582. The monoisotopic (exact) mass is 460 g/mol. The predicted octanol–water partition coefficient (Wildman–Crippen LogP) is 3.80. The predicted molar refractivity (Wildman–Crippen MR) is 105 cm³/mol. The van der Waals surface area contributed by atoms with Crippen molar-refractivity contribution in [2.45, 2.75) is 0 Å². The second kappa shape index (κ2) is 13.1. The van der Waals surface area contributed by atoms with Gasteiger partial charge in [0, 0.05) is 48.6 Å². The van der Waals surface area contributed by atoms with Crippen molar-refractivity contribution in [3.63, 3.8) is 0 Å². The maximum Gasteiger partial charge on any atom is 0.126 e. The zero-order chi connectivity index (χ0) is 17.6. The van der Waals surface area contributed by atoms with Gasteiger partial charge in [0.1, 0.15) is 11.6 Å². The minimum Gasteiger partial charge on any atom is -0.383 e. The summed E-state index contributed by atoms with van der Waals surface area (Å²) in [6.07, 6.45) is 3.52.